The van der Waals surface area contributed by atoms with Crippen molar-refractivity contribution < 1.29 is 153 Å². The van der Waals surface area contributed by atoms with Crippen molar-refractivity contribution >= 4 is 109 Å². The van der Waals surface area contributed by atoms with Crippen LogP contribution in [-0.2, 0) is 0 Å². The first-order chi connectivity index (χ1) is 61.2. The number of hydrogen-bond donors (Lipinski definition) is 0. The molecule has 4 aliphatic heterocycles. The highest BCUT2D eigenvalue weighted by atomic mass is 127. The molecule has 0 radical (unpaired) electrons. The molecular weight excluding hydrogens is 1850 g/mol. The van der Waals surface area contributed by atoms with E-state index in [1.807, 2.05) is 150 Å². The number of thioether (sulfide) groups is 2. The first-order valence-corrected chi connectivity index (χ1v) is 44.8. The number of para-hydroxylation sites is 5. The van der Waals surface area contributed by atoms with Gasteiger partial charge in [0.1, 0.15) is 35.5 Å². The van der Waals surface area contributed by atoms with Crippen LogP contribution >= 0.6 is 23.5 Å². The van der Waals surface area contributed by atoms with Crippen molar-refractivity contribution in [1.82, 2.24) is 4.73 Å². The van der Waals surface area contributed by atoms with Crippen molar-refractivity contribution in [2.24, 2.45) is 0 Å². The fraction of sp³-hybridized carbons (Fsp3) is 0.113. The van der Waals surface area contributed by atoms with Crippen molar-refractivity contribution in [3.05, 3.63) is 395 Å². The Morgan fingerprint density at radius 1 is 0.422 bits per heavy atom. The number of benzene rings is 9. The van der Waals surface area contributed by atoms with E-state index in [1.54, 1.807) is 42.6 Å². The summed E-state index contributed by atoms with van der Waals surface area (Å²) in [6, 6.07) is 96.4. The van der Waals surface area contributed by atoms with Crippen LogP contribution in [0.15, 0.2) is 366 Å². The van der Waals surface area contributed by atoms with E-state index in [1.165, 1.54) is 81.2 Å². The number of pyridine rings is 3. The molecular formula is C97H90Cl3IN8O17S2. The third-order valence-electron chi connectivity index (χ3n) is 19.5. The number of nitrogens with zero attached hydrogens (tertiary/aromatic N) is 8. The third-order valence-corrected chi connectivity index (χ3v) is 21.8. The van der Waals surface area contributed by atoms with Crippen LogP contribution in [0.1, 0.15) is 60.1 Å². The summed E-state index contributed by atoms with van der Waals surface area (Å²) in [5.74, 6) is 1.73. The summed E-state index contributed by atoms with van der Waals surface area (Å²) in [6.07, 6.45) is 28.7. The summed E-state index contributed by atoms with van der Waals surface area (Å²) >= 11 is 3.64. The van der Waals surface area contributed by atoms with Gasteiger partial charge in [-0.05, 0) is 128 Å². The Balaban J connectivity index is 0.000000173. The van der Waals surface area contributed by atoms with Crippen molar-refractivity contribution in [3.8, 4) is 17.0 Å². The van der Waals surface area contributed by atoms with Crippen LogP contribution in [0.3, 0.4) is 0 Å². The van der Waals surface area contributed by atoms with Crippen LogP contribution in [0.4, 0.5) is 22.7 Å². The summed E-state index contributed by atoms with van der Waals surface area (Å²) in [5.41, 5.74) is 19.3. The van der Waals surface area contributed by atoms with Crippen molar-refractivity contribution in [2.75, 3.05) is 69.8 Å². The second-order valence-corrected chi connectivity index (χ2v) is 31.5. The van der Waals surface area contributed by atoms with Crippen LogP contribution in [0.25, 0.3) is 68.4 Å². The number of ether oxygens (including phenoxy) is 1. The molecule has 25 nitrogen and oxygen atoms in total. The standard InChI is InChI=1S/C39H31N2O.C22H21N2OS.C18H19N2O2.C18H19N2OS.3ClHO4.HI/c1-40-35-24-14-13-23-34(35)37(39(40)30-20-10-5-11-21-30)31(28-16-6-3-7-17-28)26-27-33-32-22-12-15-25-36(32)41(42-2)38(33)29-18-8-4-9-19-29;1-3-23-21(13-8-11-18-10-6-7-16-24(18)25-2)26-20-15-14-17-9-4-5-12-19(17)22(20)23;2*1-3-19-16-11-4-5-12-17(16)22-18(19)13-8-10-15-9-6-7-14-20(15)21-2;3*2-1(3,4)5;/h3-27H,1-2H3;4-16H,3H2,1-2H3;2*4-14H,3H2,1-2H3;3*(H,2,3,4,5);1H/q4*+1;;;;/p-4. The number of fused-ring (bicyclic) bond motifs is 7. The summed E-state index contributed by atoms with van der Waals surface area (Å²) < 4.78 is 117. The second kappa shape index (κ2) is 47.2. The lowest BCUT2D eigenvalue weighted by Gasteiger charge is -2.19. The number of aromatic nitrogens is 4. The van der Waals surface area contributed by atoms with E-state index < -0.39 is 30.7 Å². The van der Waals surface area contributed by atoms with Gasteiger partial charge in [0.25, 0.3) is 17.1 Å². The predicted octanol–water partition coefficient (Wildman–Crippen LogP) is 2.50. The van der Waals surface area contributed by atoms with Gasteiger partial charge in [0, 0.05) is 132 Å². The lowest BCUT2D eigenvalue weighted by molar-refractivity contribution is -2.00. The van der Waals surface area contributed by atoms with Gasteiger partial charge in [-0.3, -0.25) is 14.5 Å². The SMILES string of the molecule is CCN1C(=CC=Cc2cccc[n+]2OC)Oc2ccccc21.CCN1C(=CC=Cc2cccc[n+]2OC)Sc2ccc3ccccc3c21.CCN1C(=CC=Cc2cccc[n+]2OC)Sc2ccccc21.COn1c(-c2ccccc2)c(C=C/C(=C2/C(c3ccccc3)=[N+](C)c3ccccc32)c2ccccc2)c2ccccc21.[I-].[O-][Cl+3]([O-])([O-])[O-].[O-][Cl+3]([O-])([O-])[O-].[O-][Cl+3]([O-])([O-])[O-]. The van der Waals surface area contributed by atoms with Crippen molar-refractivity contribution in [3.63, 3.8) is 0 Å². The minimum Gasteiger partial charge on any atom is -1.00 e. The summed E-state index contributed by atoms with van der Waals surface area (Å²) in [6.45, 7) is 9.25. The second-order valence-electron chi connectivity index (χ2n) is 27.1. The fourth-order valence-corrected chi connectivity index (χ4v) is 16.7. The van der Waals surface area contributed by atoms with E-state index in [2.05, 4.69) is 290 Å². The third kappa shape index (κ3) is 26.6. The quantitative estimate of drug-likeness (QED) is 0.0879. The van der Waals surface area contributed by atoms with Crippen LogP contribution < -0.4 is 133 Å². The molecule has 660 valence electrons. The number of hydrogen-bond acceptors (Lipinski definition) is 22. The van der Waals surface area contributed by atoms with Crippen LogP contribution in [-0.4, -0.2) is 70.1 Å². The van der Waals surface area contributed by atoms with Crippen molar-refractivity contribution in [1.29, 1.82) is 0 Å². The van der Waals surface area contributed by atoms with Gasteiger partial charge in [-0.1, -0.05) is 218 Å². The van der Waals surface area contributed by atoms with Crippen LogP contribution in [0, 0.1) is 30.7 Å². The molecule has 0 spiro atoms. The molecule has 0 N–H and O–H groups in total. The average molecular weight is 1940 g/mol. The molecule has 0 aliphatic carbocycles. The lowest BCUT2D eigenvalue weighted by atomic mass is 9.89. The van der Waals surface area contributed by atoms with Gasteiger partial charge < -0.3 is 48.3 Å². The van der Waals surface area contributed by atoms with E-state index in [4.69, 9.17) is 80.0 Å². The Morgan fingerprint density at radius 3 is 1.41 bits per heavy atom. The molecule has 9 aromatic carbocycles. The van der Waals surface area contributed by atoms with E-state index in [-0.39, 0.29) is 24.0 Å². The topological polar surface area (TPSA) is 352 Å². The average Bonchev–Trinajstić information content (AvgIpc) is 1.60. The summed E-state index contributed by atoms with van der Waals surface area (Å²) in [4.78, 5) is 31.4. The lowest BCUT2D eigenvalue weighted by Crippen LogP contribution is -3.00. The maximum atomic E-state index is 8.49. The van der Waals surface area contributed by atoms with Crippen molar-refractivity contribution in [2.45, 2.75) is 30.6 Å². The number of anilines is 3. The largest absolute Gasteiger partial charge is 1.00 e. The maximum absolute atomic E-state index is 8.49. The molecule has 13 aromatic rings. The first kappa shape index (κ1) is 98.2. The summed E-state index contributed by atoms with van der Waals surface area (Å²) in [5, 5.41) is 6.23. The molecule has 0 atom stereocenters. The van der Waals surface area contributed by atoms with E-state index in [0.717, 1.165) is 81.8 Å². The van der Waals surface area contributed by atoms with Gasteiger partial charge in [-0.25, -0.2) is 55.9 Å². The van der Waals surface area contributed by atoms with Gasteiger partial charge in [0.15, 0.2) is 5.75 Å². The Bertz CT molecular complexity index is 6030. The fourth-order valence-electron chi connectivity index (χ4n) is 14.4. The Morgan fingerprint density at radius 2 is 0.867 bits per heavy atom. The van der Waals surface area contributed by atoms with Gasteiger partial charge in [0.2, 0.25) is 35.9 Å². The highest BCUT2D eigenvalue weighted by molar-refractivity contribution is 8.04. The highest BCUT2D eigenvalue weighted by Crippen LogP contribution is 2.50. The maximum Gasteiger partial charge on any atom is 0.257 e. The minimum absolute atomic E-state index is 0. The molecule has 4 aromatic heterocycles. The molecule has 31 heteroatoms. The minimum atomic E-state index is -4.94. The Labute approximate surface area is 774 Å². The van der Waals surface area contributed by atoms with Gasteiger partial charge in [0.05, 0.1) is 49.5 Å². The molecule has 8 heterocycles. The molecule has 128 heavy (non-hydrogen) atoms. The van der Waals surface area contributed by atoms with Gasteiger partial charge in [-0.15, -0.1) is 30.7 Å². The molecule has 0 saturated heterocycles. The monoisotopic (exact) mass is 1930 g/mol. The molecule has 0 unspecified atom stereocenters. The first-order valence-electron chi connectivity index (χ1n) is 39.4. The van der Waals surface area contributed by atoms with E-state index in [9.17, 15) is 0 Å². The van der Waals surface area contributed by atoms with E-state index in [0.29, 0.717) is 0 Å². The van der Waals surface area contributed by atoms with Gasteiger partial charge in [-0.2, -0.15) is 9.31 Å². The van der Waals surface area contributed by atoms with Gasteiger partial charge >= 0.3 is 0 Å². The number of halogens is 4. The number of rotatable bonds is 18. The van der Waals surface area contributed by atoms with E-state index >= 15 is 0 Å². The number of allylic oxidation sites excluding steroid dienone is 9. The molecule has 0 fully saturated rings. The normalized spacial score (nSPS) is 14.4. The zero-order chi connectivity index (χ0) is 90.6. The molecule has 17 rings (SSSR count). The Hall–Kier alpha value is -12.0. The molecule has 0 amide bonds. The molecule has 4 aliphatic rings. The molecule has 0 saturated carbocycles. The molecule has 0 bridgehead atoms. The van der Waals surface area contributed by atoms with Crippen LogP contribution in [0.2, 0.25) is 0 Å². The summed E-state index contributed by atoms with van der Waals surface area (Å²) in [7, 11) is -5.96. The zero-order valence-corrected chi connectivity index (χ0v) is 76.7. The Kier molecular flexibility index (Phi) is 36.2. The predicted molar refractivity (Wildman–Crippen MR) is 462 cm³/mol. The zero-order valence-electron chi connectivity index (χ0n) is 70.6. The highest BCUT2D eigenvalue weighted by Gasteiger charge is 2.36. The smallest absolute Gasteiger partial charge is 0.257 e. The van der Waals surface area contributed by atoms with Crippen LogP contribution in [0.5, 0.6) is 5.75 Å².